The van der Waals surface area contributed by atoms with Gasteiger partial charge in [-0.1, -0.05) is 0 Å². The minimum Gasteiger partial charge on any atom is -0.368 e. The van der Waals surface area contributed by atoms with Crippen molar-refractivity contribution in [1.82, 2.24) is 14.8 Å². The van der Waals surface area contributed by atoms with Gasteiger partial charge in [0.25, 0.3) is 5.91 Å². The summed E-state index contributed by atoms with van der Waals surface area (Å²) in [6.45, 7) is 2.27. The van der Waals surface area contributed by atoms with Crippen LogP contribution in [0.4, 0.5) is 0 Å². The number of amides is 2. The Kier molecular flexibility index (Phi) is 4.35. The summed E-state index contributed by atoms with van der Waals surface area (Å²) in [6, 6.07) is 3.27. The number of nitrogens with zero attached hydrogens (tertiary/aromatic N) is 3. The van der Waals surface area contributed by atoms with Crippen LogP contribution >= 0.6 is 0 Å². The summed E-state index contributed by atoms with van der Waals surface area (Å²) < 4.78 is 0. The highest BCUT2D eigenvalue weighted by Gasteiger charge is 2.48. The number of aromatic nitrogens is 1. The molecule has 1 atom stereocenters. The van der Waals surface area contributed by atoms with Crippen LogP contribution in [0.3, 0.4) is 0 Å². The standard InChI is InChI=1S/C17H24N4O2/c1-20-10-2-5-17(14(20)15(18)22)6-11-21(12-7-17)16(23)13-3-8-19-9-4-13/h3-4,8-9,14H,2,5-7,10-12H2,1H3,(H2,18,22). The van der Waals surface area contributed by atoms with Gasteiger partial charge in [-0.25, -0.2) is 0 Å². The molecule has 2 amide bonds. The van der Waals surface area contributed by atoms with E-state index in [-0.39, 0.29) is 23.3 Å². The number of hydrogen-bond acceptors (Lipinski definition) is 4. The Labute approximate surface area is 136 Å². The van der Waals surface area contributed by atoms with Crippen LogP contribution in [-0.4, -0.2) is 59.3 Å². The predicted molar refractivity (Wildman–Crippen MR) is 86.7 cm³/mol. The van der Waals surface area contributed by atoms with Crippen molar-refractivity contribution in [3.05, 3.63) is 30.1 Å². The number of nitrogens with two attached hydrogens (primary N) is 1. The van der Waals surface area contributed by atoms with Crippen molar-refractivity contribution in [3.63, 3.8) is 0 Å². The fraction of sp³-hybridized carbons (Fsp3) is 0.588. The zero-order valence-corrected chi connectivity index (χ0v) is 13.6. The van der Waals surface area contributed by atoms with E-state index in [0.717, 1.165) is 32.2 Å². The Bertz CT molecular complexity index is 582. The molecule has 1 aromatic rings. The molecule has 0 saturated carbocycles. The van der Waals surface area contributed by atoms with E-state index in [4.69, 9.17) is 5.73 Å². The van der Waals surface area contributed by atoms with Crippen molar-refractivity contribution in [2.75, 3.05) is 26.7 Å². The third-order valence-corrected chi connectivity index (χ3v) is 5.45. The summed E-state index contributed by atoms with van der Waals surface area (Å²) in [6.07, 6.45) is 7.04. The van der Waals surface area contributed by atoms with Crippen LogP contribution in [-0.2, 0) is 4.79 Å². The van der Waals surface area contributed by atoms with Crippen molar-refractivity contribution >= 4 is 11.8 Å². The number of rotatable bonds is 2. The lowest BCUT2D eigenvalue weighted by molar-refractivity contribution is -0.132. The molecule has 1 aromatic heterocycles. The molecule has 1 spiro atoms. The molecule has 1 unspecified atom stereocenters. The summed E-state index contributed by atoms with van der Waals surface area (Å²) in [5.41, 5.74) is 6.27. The molecule has 0 aliphatic carbocycles. The molecule has 3 rings (SSSR count). The van der Waals surface area contributed by atoms with Gasteiger partial charge in [-0.3, -0.25) is 19.5 Å². The highest BCUT2D eigenvalue weighted by molar-refractivity contribution is 5.94. The summed E-state index contributed by atoms with van der Waals surface area (Å²) in [5.74, 6) is -0.192. The average molecular weight is 316 g/mol. The van der Waals surface area contributed by atoms with Gasteiger partial charge in [0.2, 0.25) is 5.91 Å². The number of carbonyl (C=O) groups excluding carboxylic acids is 2. The lowest BCUT2D eigenvalue weighted by atomic mass is 9.66. The third kappa shape index (κ3) is 2.95. The molecule has 0 aromatic carbocycles. The van der Waals surface area contributed by atoms with Crippen molar-refractivity contribution in [2.24, 2.45) is 11.1 Å². The molecule has 2 aliphatic rings. The van der Waals surface area contributed by atoms with Gasteiger partial charge >= 0.3 is 0 Å². The molecular formula is C17H24N4O2. The fourth-order valence-electron chi connectivity index (χ4n) is 4.29. The second kappa shape index (κ2) is 6.28. The van der Waals surface area contributed by atoms with E-state index in [2.05, 4.69) is 9.88 Å². The van der Waals surface area contributed by atoms with Crippen molar-refractivity contribution in [3.8, 4) is 0 Å². The van der Waals surface area contributed by atoms with Crippen LogP contribution in [0.1, 0.15) is 36.0 Å². The van der Waals surface area contributed by atoms with Crippen LogP contribution in [0, 0.1) is 5.41 Å². The smallest absolute Gasteiger partial charge is 0.253 e. The molecule has 6 heteroatoms. The van der Waals surface area contributed by atoms with Gasteiger partial charge in [-0.2, -0.15) is 0 Å². The minimum atomic E-state index is -0.235. The molecule has 3 heterocycles. The molecule has 124 valence electrons. The number of likely N-dealkylation sites (tertiary alicyclic amines) is 2. The topological polar surface area (TPSA) is 79.5 Å². The predicted octanol–water partition coefficient (Wildman–Crippen LogP) is 0.883. The van der Waals surface area contributed by atoms with Gasteiger partial charge in [0.05, 0.1) is 6.04 Å². The maximum absolute atomic E-state index is 12.5. The van der Waals surface area contributed by atoms with Gasteiger partial charge in [0.1, 0.15) is 0 Å². The molecular weight excluding hydrogens is 292 g/mol. The van der Waals surface area contributed by atoms with E-state index in [1.165, 1.54) is 0 Å². The van der Waals surface area contributed by atoms with Gasteiger partial charge in [-0.05, 0) is 56.8 Å². The van der Waals surface area contributed by atoms with Crippen LogP contribution in [0.5, 0.6) is 0 Å². The first kappa shape index (κ1) is 15.9. The van der Waals surface area contributed by atoms with Gasteiger partial charge in [-0.15, -0.1) is 0 Å². The van der Waals surface area contributed by atoms with Gasteiger partial charge < -0.3 is 10.6 Å². The number of carbonyl (C=O) groups is 2. The molecule has 6 nitrogen and oxygen atoms in total. The minimum absolute atomic E-state index is 0.0436. The average Bonchev–Trinajstić information content (AvgIpc) is 2.55. The molecule has 0 radical (unpaired) electrons. The number of primary amides is 1. The zero-order valence-electron chi connectivity index (χ0n) is 13.6. The molecule has 2 saturated heterocycles. The fourth-order valence-corrected chi connectivity index (χ4v) is 4.29. The maximum atomic E-state index is 12.5. The molecule has 23 heavy (non-hydrogen) atoms. The second-order valence-corrected chi connectivity index (χ2v) is 6.78. The SMILES string of the molecule is CN1CCCC2(CCN(C(=O)c3ccncc3)CC2)C1C(N)=O. The van der Waals surface area contributed by atoms with E-state index in [0.29, 0.717) is 18.7 Å². The Hall–Kier alpha value is -1.95. The summed E-state index contributed by atoms with van der Waals surface area (Å²) >= 11 is 0. The van der Waals surface area contributed by atoms with Crippen LogP contribution < -0.4 is 5.73 Å². The van der Waals surface area contributed by atoms with Crippen molar-refractivity contribution in [2.45, 2.75) is 31.7 Å². The highest BCUT2D eigenvalue weighted by atomic mass is 16.2. The zero-order chi connectivity index (χ0) is 16.4. The summed E-state index contributed by atoms with van der Waals surface area (Å²) in [5, 5.41) is 0. The van der Waals surface area contributed by atoms with Gasteiger partial charge in [0, 0.05) is 31.0 Å². The third-order valence-electron chi connectivity index (χ3n) is 5.45. The Morgan fingerprint density at radius 1 is 1.17 bits per heavy atom. The van der Waals surface area contributed by atoms with E-state index in [1.807, 2.05) is 11.9 Å². The number of piperidine rings is 2. The van der Waals surface area contributed by atoms with E-state index < -0.39 is 0 Å². The summed E-state index contributed by atoms with van der Waals surface area (Å²) in [7, 11) is 1.98. The first-order chi connectivity index (χ1) is 11.0. The number of pyridine rings is 1. The number of likely N-dealkylation sites (N-methyl/N-ethyl adjacent to an activating group) is 1. The van der Waals surface area contributed by atoms with Crippen LogP contribution in [0.25, 0.3) is 0 Å². The molecule has 2 N–H and O–H groups in total. The largest absolute Gasteiger partial charge is 0.368 e. The molecule has 2 fully saturated rings. The molecule has 0 bridgehead atoms. The first-order valence-corrected chi connectivity index (χ1v) is 8.22. The Morgan fingerprint density at radius 2 is 1.83 bits per heavy atom. The Balaban J connectivity index is 1.72. The van der Waals surface area contributed by atoms with Gasteiger partial charge in [0.15, 0.2) is 0 Å². The highest BCUT2D eigenvalue weighted by Crippen LogP contribution is 2.44. The van der Waals surface area contributed by atoms with E-state index >= 15 is 0 Å². The maximum Gasteiger partial charge on any atom is 0.253 e. The van der Waals surface area contributed by atoms with E-state index in [1.54, 1.807) is 24.5 Å². The number of hydrogen-bond donors (Lipinski definition) is 1. The van der Waals surface area contributed by atoms with Crippen molar-refractivity contribution in [1.29, 1.82) is 0 Å². The second-order valence-electron chi connectivity index (χ2n) is 6.78. The van der Waals surface area contributed by atoms with Crippen LogP contribution in [0.15, 0.2) is 24.5 Å². The van der Waals surface area contributed by atoms with Crippen LogP contribution in [0.2, 0.25) is 0 Å². The lowest BCUT2D eigenvalue weighted by Gasteiger charge is -2.51. The van der Waals surface area contributed by atoms with Crippen molar-refractivity contribution < 1.29 is 9.59 Å². The summed E-state index contributed by atoms with van der Waals surface area (Å²) in [4.78, 5) is 32.4. The lowest BCUT2D eigenvalue weighted by Crippen LogP contribution is -2.60. The quantitative estimate of drug-likeness (QED) is 0.878. The molecule has 2 aliphatic heterocycles. The first-order valence-electron chi connectivity index (χ1n) is 8.22. The Morgan fingerprint density at radius 3 is 2.43 bits per heavy atom. The van der Waals surface area contributed by atoms with E-state index in [9.17, 15) is 9.59 Å². The normalized spacial score (nSPS) is 24.6. The monoisotopic (exact) mass is 316 g/mol.